The fraction of sp³-hybridized carbons (Fsp3) is 0.794. The minimum atomic E-state index is -1.49. The van der Waals surface area contributed by atoms with Crippen LogP contribution in [0.1, 0.15) is 97.5 Å². The zero-order valence-corrected chi connectivity index (χ0v) is 25.0. The molecule has 6 aliphatic rings. The predicted molar refractivity (Wildman–Crippen MR) is 149 cm³/mol. The molecule has 6 fully saturated rings. The van der Waals surface area contributed by atoms with Gasteiger partial charge in [0.25, 0.3) is 0 Å². The van der Waals surface area contributed by atoms with Crippen LogP contribution in [0.3, 0.4) is 0 Å². The van der Waals surface area contributed by atoms with E-state index < -0.39 is 17.5 Å². The van der Waals surface area contributed by atoms with Crippen molar-refractivity contribution in [2.24, 2.45) is 45.3 Å². The minimum absolute atomic E-state index is 0.00149. The summed E-state index contributed by atoms with van der Waals surface area (Å²) in [4.78, 5) is 14.1. The number of rotatable bonds is 4. The Kier molecular flexibility index (Phi) is 6.33. The van der Waals surface area contributed by atoms with Crippen molar-refractivity contribution in [3.8, 4) is 0 Å². The van der Waals surface area contributed by atoms with Gasteiger partial charge in [-0.2, -0.15) is 0 Å². The number of ether oxygens (including phenoxy) is 1. The quantitative estimate of drug-likeness (QED) is 0.394. The molecule has 7 rings (SSSR count). The second-order valence-electron chi connectivity index (χ2n) is 15.7. The van der Waals surface area contributed by atoms with E-state index in [0.29, 0.717) is 35.1 Å². The summed E-state index contributed by atoms with van der Waals surface area (Å²) >= 11 is 0. The van der Waals surface area contributed by atoms with Crippen LogP contribution in [0.2, 0.25) is 0 Å². The summed E-state index contributed by atoms with van der Waals surface area (Å²) in [5.41, 5.74) is 1.41. The number of carbonyl (C=O) groups excluding carboxylic acids is 1. The smallest absolute Gasteiger partial charge is 0.219 e. The maximum absolute atomic E-state index is 13.8. The average molecular weight is 574 g/mol. The van der Waals surface area contributed by atoms with Crippen molar-refractivity contribution in [3.63, 3.8) is 0 Å². The van der Waals surface area contributed by atoms with Crippen molar-refractivity contribution in [2.45, 2.75) is 117 Å². The van der Waals surface area contributed by atoms with Crippen LogP contribution in [0.4, 0.5) is 13.2 Å². The van der Waals surface area contributed by atoms with Crippen molar-refractivity contribution in [3.05, 3.63) is 35.1 Å². The third-order valence-corrected chi connectivity index (χ3v) is 13.9. The Hall–Kier alpha value is -1.60. The zero-order chi connectivity index (χ0) is 29.1. The highest BCUT2D eigenvalue weighted by molar-refractivity contribution is 5.73. The molecule has 1 amide bonds. The number of hydrogen-bond donors (Lipinski definition) is 1. The van der Waals surface area contributed by atoms with Crippen LogP contribution in [0, 0.1) is 62.8 Å². The Morgan fingerprint density at radius 3 is 2.37 bits per heavy atom. The number of aliphatic hydroxyl groups excluding tert-OH is 1. The van der Waals surface area contributed by atoms with Gasteiger partial charge in [-0.1, -0.05) is 20.8 Å². The van der Waals surface area contributed by atoms with E-state index in [4.69, 9.17) is 4.74 Å². The highest BCUT2D eigenvalue weighted by Gasteiger charge is 2.80. The van der Waals surface area contributed by atoms with E-state index in [9.17, 15) is 23.1 Å². The number of amides is 1. The van der Waals surface area contributed by atoms with Crippen molar-refractivity contribution in [1.29, 1.82) is 0 Å². The van der Waals surface area contributed by atoms with E-state index in [0.717, 1.165) is 43.7 Å². The summed E-state index contributed by atoms with van der Waals surface area (Å²) in [6.07, 6.45) is 11.5. The summed E-state index contributed by atoms with van der Waals surface area (Å²) < 4.78 is 47.9. The number of fused-ring (bicyclic) bond motifs is 4. The fourth-order valence-electron chi connectivity index (χ4n) is 11.9. The first-order chi connectivity index (χ1) is 19.3. The first kappa shape index (κ1) is 28.2. The molecule has 1 aliphatic heterocycles. The average Bonchev–Trinajstić information content (AvgIpc) is 3.49. The number of aliphatic hydroxyl groups is 1. The monoisotopic (exact) mass is 573 g/mol. The third kappa shape index (κ3) is 3.89. The van der Waals surface area contributed by atoms with E-state index in [2.05, 4.69) is 20.8 Å². The highest BCUT2D eigenvalue weighted by Crippen LogP contribution is 2.87. The van der Waals surface area contributed by atoms with Crippen LogP contribution in [-0.2, 0) is 16.1 Å². The maximum Gasteiger partial charge on any atom is 0.219 e. The number of nitrogens with zero attached hydrogens (tertiary/aromatic N) is 1. The first-order valence-corrected chi connectivity index (χ1v) is 16.0. The van der Waals surface area contributed by atoms with Crippen LogP contribution in [-0.4, -0.2) is 40.8 Å². The van der Waals surface area contributed by atoms with E-state index in [1.807, 2.05) is 0 Å². The molecule has 0 radical (unpaired) electrons. The predicted octanol–water partition coefficient (Wildman–Crippen LogP) is 7.02. The largest absolute Gasteiger partial charge is 0.393 e. The lowest BCUT2D eigenvalue weighted by Gasteiger charge is -2.59. The molecule has 2 spiro atoms. The van der Waals surface area contributed by atoms with Gasteiger partial charge >= 0.3 is 0 Å². The Labute approximate surface area is 242 Å². The lowest BCUT2D eigenvalue weighted by atomic mass is 9.46. The van der Waals surface area contributed by atoms with Crippen molar-refractivity contribution < 1.29 is 27.8 Å². The molecule has 1 aromatic rings. The molecule has 226 valence electrons. The zero-order valence-electron chi connectivity index (χ0n) is 25.0. The van der Waals surface area contributed by atoms with Crippen LogP contribution in [0.25, 0.3) is 0 Å². The first-order valence-electron chi connectivity index (χ1n) is 16.0. The van der Waals surface area contributed by atoms with Gasteiger partial charge in [0.15, 0.2) is 17.5 Å². The summed E-state index contributed by atoms with van der Waals surface area (Å²) in [7, 11) is 0. The second-order valence-corrected chi connectivity index (χ2v) is 15.7. The topological polar surface area (TPSA) is 49.8 Å². The van der Waals surface area contributed by atoms with Gasteiger partial charge in [0.1, 0.15) is 0 Å². The van der Waals surface area contributed by atoms with Gasteiger partial charge in [-0.3, -0.25) is 4.79 Å². The minimum Gasteiger partial charge on any atom is -0.393 e. The lowest BCUT2D eigenvalue weighted by Crippen LogP contribution is -2.54. The molecule has 1 aromatic carbocycles. The number of hydrogen-bond acceptors (Lipinski definition) is 3. The molecular weight excluding hydrogens is 527 g/mol. The maximum atomic E-state index is 13.8. The molecule has 4 nitrogen and oxygen atoms in total. The summed E-state index contributed by atoms with van der Waals surface area (Å²) in [5.74, 6) is -1.58. The second kappa shape index (κ2) is 9.20. The van der Waals surface area contributed by atoms with Gasteiger partial charge < -0.3 is 14.7 Å². The molecule has 0 aromatic heterocycles. The van der Waals surface area contributed by atoms with Gasteiger partial charge in [-0.15, -0.1) is 0 Å². The van der Waals surface area contributed by atoms with Gasteiger partial charge in [-0.05, 0) is 127 Å². The van der Waals surface area contributed by atoms with Crippen LogP contribution in [0.5, 0.6) is 0 Å². The number of halogens is 3. The van der Waals surface area contributed by atoms with Crippen molar-refractivity contribution in [1.82, 2.24) is 4.90 Å². The SMILES string of the molecule is CC(=O)N(Cc1cc(F)c(F)c(F)c1)CC1CCC2C(CC3C4CCC5C(C)(C)[C@@H](O)CCC56CC46CCC23C)O1. The highest BCUT2D eigenvalue weighted by atomic mass is 19.2. The summed E-state index contributed by atoms with van der Waals surface area (Å²) in [6, 6.07) is 1.94. The van der Waals surface area contributed by atoms with Crippen molar-refractivity contribution in [2.75, 3.05) is 6.54 Å². The molecule has 0 bridgehead atoms. The number of benzene rings is 1. The Morgan fingerprint density at radius 1 is 0.951 bits per heavy atom. The molecule has 9 unspecified atom stereocenters. The summed E-state index contributed by atoms with van der Waals surface area (Å²) in [6.45, 7) is 9.02. The molecule has 5 saturated carbocycles. The molecule has 10 atom stereocenters. The summed E-state index contributed by atoms with van der Waals surface area (Å²) in [5, 5.41) is 10.9. The standard InChI is InChI=1S/C34H46F3NO3/c1-19(39)38(16-20-13-25(35)30(37)26(36)14-20)17-21-5-6-23-27(41-21)15-24-22-7-8-28-31(2,3)29(40)9-10-34(28)18-33(22,34)12-11-32(23,24)4/h13-14,21-24,27-29,40H,5-12,15-18H2,1-4H3/t21?,22?,23?,24?,27?,28?,29-,32?,33?,34?/m0/s1. The Balaban J connectivity index is 1.06. The molecular formula is C34H46F3NO3. The molecule has 1 heterocycles. The third-order valence-electron chi connectivity index (χ3n) is 13.9. The van der Waals surface area contributed by atoms with E-state index >= 15 is 0 Å². The molecule has 1 saturated heterocycles. The molecule has 41 heavy (non-hydrogen) atoms. The Morgan fingerprint density at radius 2 is 1.66 bits per heavy atom. The van der Waals surface area contributed by atoms with E-state index in [1.165, 1.54) is 45.4 Å². The van der Waals surface area contributed by atoms with Crippen LogP contribution >= 0.6 is 0 Å². The van der Waals surface area contributed by atoms with Gasteiger partial charge in [0, 0.05) is 20.0 Å². The fourth-order valence-corrected chi connectivity index (χ4v) is 11.9. The molecule has 7 heteroatoms. The lowest BCUT2D eigenvalue weighted by molar-refractivity contribution is -0.140. The van der Waals surface area contributed by atoms with Crippen LogP contribution in [0.15, 0.2) is 12.1 Å². The van der Waals surface area contributed by atoms with Gasteiger partial charge in [0.2, 0.25) is 5.91 Å². The van der Waals surface area contributed by atoms with Gasteiger partial charge in [-0.25, -0.2) is 13.2 Å². The van der Waals surface area contributed by atoms with Crippen LogP contribution < -0.4 is 0 Å². The molecule has 5 aliphatic carbocycles. The van der Waals surface area contributed by atoms with E-state index in [1.54, 1.807) is 4.90 Å². The van der Waals surface area contributed by atoms with Crippen molar-refractivity contribution >= 4 is 5.91 Å². The molecule has 1 N–H and O–H groups in total. The normalized spacial score (nSPS) is 45.5. The van der Waals surface area contributed by atoms with Gasteiger partial charge in [0.05, 0.1) is 18.3 Å². The Bertz CT molecular complexity index is 1230. The van der Waals surface area contributed by atoms with E-state index in [-0.39, 0.29) is 47.2 Å². The number of carbonyl (C=O) groups is 1.